The summed E-state index contributed by atoms with van der Waals surface area (Å²) < 4.78 is 18.2. The van der Waals surface area contributed by atoms with Crippen LogP contribution in [0.15, 0.2) is 53.1 Å². The third-order valence-corrected chi connectivity index (χ3v) is 4.22. The minimum Gasteiger partial charge on any atom is -0.339 e. The topological polar surface area (TPSA) is 80.0 Å². The van der Waals surface area contributed by atoms with Crippen LogP contribution in [0.5, 0.6) is 0 Å². The summed E-state index contributed by atoms with van der Waals surface area (Å²) in [6, 6.07) is 13.7. The van der Waals surface area contributed by atoms with E-state index >= 15 is 0 Å². The average molecular weight is 419 g/mol. The number of hydrogen-bond acceptors (Lipinski definition) is 5. The lowest BCUT2D eigenvalue weighted by Crippen LogP contribution is -2.17. The largest absolute Gasteiger partial charge is 0.339 e. The number of aryl methyl sites for hydroxylation is 1. The van der Waals surface area contributed by atoms with Crippen molar-refractivity contribution in [2.45, 2.75) is 32.7 Å². The van der Waals surface area contributed by atoms with Gasteiger partial charge in [0.2, 0.25) is 17.6 Å². The zero-order valence-electron chi connectivity index (χ0n) is 16.2. The van der Waals surface area contributed by atoms with Gasteiger partial charge in [0.25, 0.3) is 0 Å². The predicted molar refractivity (Wildman–Crippen MR) is 112 cm³/mol. The van der Waals surface area contributed by atoms with Crippen LogP contribution in [0.4, 0.5) is 10.1 Å². The van der Waals surface area contributed by atoms with Crippen molar-refractivity contribution in [2.75, 3.05) is 11.9 Å². The van der Waals surface area contributed by atoms with E-state index in [2.05, 4.69) is 20.8 Å². The predicted octanol–water partition coefficient (Wildman–Crippen LogP) is 4.37. The number of carbonyl (C=O) groups is 1. The number of carbonyl (C=O) groups excluding carboxylic acids is 1. The molecule has 0 radical (unpaired) electrons. The lowest BCUT2D eigenvalue weighted by molar-refractivity contribution is -0.116. The van der Waals surface area contributed by atoms with Crippen molar-refractivity contribution in [1.82, 2.24) is 15.5 Å². The van der Waals surface area contributed by atoms with Crippen molar-refractivity contribution < 1.29 is 13.7 Å². The molecule has 154 valence electrons. The molecule has 0 aliphatic rings. The molecule has 1 amide bonds. The molecular weight excluding hydrogens is 395 g/mol. The highest BCUT2D eigenvalue weighted by Crippen LogP contribution is 2.18. The van der Waals surface area contributed by atoms with Gasteiger partial charge in [0, 0.05) is 30.6 Å². The summed E-state index contributed by atoms with van der Waals surface area (Å²) in [6.45, 7) is 3.62. The number of amides is 1. The number of para-hydroxylation sites is 1. The molecule has 29 heavy (non-hydrogen) atoms. The maximum Gasteiger partial charge on any atom is 0.226 e. The Bertz CT molecular complexity index is 915. The molecule has 2 N–H and O–H groups in total. The molecule has 6 nitrogen and oxygen atoms in total. The lowest BCUT2D eigenvalue weighted by Gasteiger charge is -2.11. The highest BCUT2D eigenvalue weighted by Gasteiger charge is 2.11. The first-order valence-electron chi connectivity index (χ1n) is 9.32. The fourth-order valence-corrected chi connectivity index (χ4v) is 2.74. The van der Waals surface area contributed by atoms with Crippen LogP contribution in [0.2, 0.25) is 0 Å². The summed E-state index contributed by atoms with van der Waals surface area (Å²) >= 11 is 0. The highest BCUT2D eigenvalue weighted by molar-refractivity contribution is 5.91. The molecule has 8 heteroatoms. The van der Waals surface area contributed by atoms with E-state index in [0.29, 0.717) is 43.1 Å². The summed E-state index contributed by atoms with van der Waals surface area (Å²) in [5.74, 6) is 0.504. The fourth-order valence-electron chi connectivity index (χ4n) is 2.74. The summed E-state index contributed by atoms with van der Waals surface area (Å²) in [7, 11) is 0. The molecule has 0 saturated carbocycles. The Morgan fingerprint density at radius 3 is 2.66 bits per heavy atom. The van der Waals surface area contributed by atoms with Crippen molar-refractivity contribution in [1.29, 1.82) is 0 Å². The van der Waals surface area contributed by atoms with Crippen LogP contribution in [-0.4, -0.2) is 22.6 Å². The van der Waals surface area contributed by atoms with Crippen LogP contribution < -0.4 is 10.6 Å². The molecule has 0 fully saturated rings. The van der Waals surface area contributed by atoms with Gasteiger partial charge in [-0.1, -0.05) is 30.3 Å². The first-order valence-corrected chi connectivity index (χ1v) is 9.32. The lowest BCUT2D eigenvalue weighted by atomic mass is 10.1. The second kappa shape index (κ2) is 11.3. The number of rotatable bonds is 9. The second-order valence-electron chi connectivity index (χ2n) is 6.36. The molecule has 0 spiro atoms. The molecule has 0 saturated heterocycles. The molecule has 3 aromatic rings. The van der Waals surface area contributed by atoms with Gasteiger partial charge in [-0.3, -0.25) is 4.79 Å². The molecule has 3 rings (SSSR count). The van der Waals surface area contributed by atoms with E-state index in [4.69, 9.17) is 4.52 Å². The molecular formula is C21H24ClFN4O2. The maximum atomic E-state index is 13.0. The zero-order valence-corrected chi connectivity index (χ0v) is 17.0. The second-order valence-corrected chi connectivity index (χ2v) is 6.36. The van der Waals surface area contributed by atoms with Crippen molar-refractivity contribution in [3.05, 3.63) is 65.8 Å². The van der Waals surface area contributed by atoms with Gasteiger partial charge in [-0.25, -0.2) is 4.39 Å². The smallest absolute Gasteiger partial charge is 0.226 e. The number of nitrogens with zero attached hydrogens (tertiary/aromatic N) is 2. The van der Waals surface area contributed by atoms with Gasteiger partial charge in [0.15, 0.2) is 0 Å². The van der Waals surface area contributed by atoms with E-state index in [9.17, 15) is 9.18 Å². The van der Waals surface area contributed by atoms with E-state index in [0.717, 1.165) is 17.8 Å². The average Bonchev–Trinajstić information content (AvgIpc) is 3.17. The third kappa shape index (κ3) is 6.66. The van der Waals surface area contributed by atoms with Crippen molar-refractivity contribution in [2.24, 2.45) is 0 Å². The van der Waals surface area contributed by atoms with Gasteiger partial charge in [-0.2, -0.15) is 4.98 Å². The van der Waals surface area contributed by atoms with Gasteiger partial charge in [0.05, 0.1) is 0 Å². The van der Waals surface area contributed by atoms with E-state index in [-0.39, 0.29) is 24.1 Å². The summed E-state index contributed by atoms with van der Waals surface area (Å²) in [6.07, 6.45) is 1.44. The van der Waals surface area contributed by atoms with Crippen LogP contribution in [0.25, 0.3) is 11.4 Å². The number of nitrogens with one attached hydrogen (secondary N) is 2. The number of hydrogen-bond donors (Lipinski definition) is 2. The highest BCUT2D eigenvalue weighted by atomic mass is 35.5. The molecule has 2 aromatic carbocycles. The molecule has 0 aliphatic carbocycles. The maximum absolute atomic E-state index is 13.0. The summed E-state index contributed by atoms with van der Waals surface area (Å²) in [4.78, 5) is 16.6. The SMILES string of the molecule is CCNCc1ccccc1NC(=O)CCCc1nc(-c2ccc(F)cc2)no1.Cl. The van der Waals surface area contributed by atoms with E-state index < -0.39 is 0 Å². The molecule has 0 atom stereocenters. The number of aromatic nitrogens is 2. The Kier molecular flexibility index (Phi) is 8.76. The Morgan fingerprint density at radius 1 is 1.14 bits per heavy atom. The quantitative estimate of drug-likeness (QED) is 0.539. The molecule has 1 aromatic heterocycles. The van der Waals surface area contributed by atoms with Crippen molar-refractivity contribution in [3.8, 4) is 11.4 Å². The first-order chi connectivity index (χ1) is 13.7. The first kappa shape index (κ1) is 22.5. The Balaban J connectivity index is 0.00000300. The van der Waals surface area contributed by atoms with E-state index in [1.54, 1.807) is 12.1 Å². The Morgan fingerprint density at radius 2 is 1.90 bits per heavy atom. The van der Waals surface area contributed by atoms with Crippen LogP contribution in [-0.2, 0) is 17.8 Å². The van der Waals surface area contributed by atoms with Gasteiger partial charge in [-0.15, -0.1) is 12.4 Å². The molecule has 0 bridgehead atoms. The summed E-state index contributed by atoms with van der Waals surface area (Å²) in [5, 5.41) is 10.1. The number of halogens is 2. The van der Waals surface area contributed by atoms with Gasteiger partial charge in [0.1, 0.15) is 5.82 Å². The molecule has 1 heterocycles. The van der Waals surface area contributed by atoms with Gasteiger partial charge < -0.3 is 15.2 Å². The Hall–Kier alpha value is -2.77. The minimum atomic E-state index is -0.314. The van der Waals surface area contributed by atoms with Crippen LogP contribution in [0.1, 0.15) is 31.2 Å². The number of anilines is 1. The van der Waals surface area contributed by atoms with Gasteiger partial charge in [-0.05, 0) is 48.9 Å². The van der Waals surface area contributed by atoms with Crippen LogP contribution in [0.3, 0.4) is 0 Å². The monoisotopic (exact) mass is 418 g/mol. The third-order valence-electron chi connectivity index (χ3n) is 4.22. The minimum absolute atomic E-state index is 0. The standard InChI is InChI=1S/C21H23FN4O2.ClH/c1-2-23-14-16-6-3-4-7-18(16)24-19(27)8-5-9-20-25-21(26-28-20)15-10-12-17(22)13-11-15;/h3-4,6-7,10-13,23H,2,5,8-9,14H2,1H3,(H,24,27);1H. The zero-order chi connectivity index (χ0) is 19.8. The Labute approximate surface area is 175 Å². The van der Waals surface area contributed by atoms with E-state index in [1.807, 2.05) is 31.2 Å². The van der Waals surface area contributed by atoms with Crippen molar-refractivity contribution in [3.63, 3.8) is 0 Å². The fraction of sp³-hybridized carbons (Fsp3) is 0.286. The van der Waals surface area contributed by atoms with E-state index in [1.165, 1.54) is 12.1 Å². The molecule has 0 aliphatic heterocycles. The van der Waals surface area contributed by atoms with Crippen LogP contribution >= 0.6 is 12.4 Å². The van der Waals surface area contributed by atoms with Gasteiger partial charge >= 0.3 is 0 Å². The van der Waals surface area contributed by atoms with Crippen molar-refractivity contribution >= 4 is 24.0 Å². The normalized spacial score (nSPS) is 10.4. The number of benzene rings is 2. The molecule has 0 unspecified atom stereocenters. The van der Waals surface area contributed by atoms with Crippen LogP contribution in [0, 0.1) is 5.82 Å². The summed E-state index contributed by atoms with van der Waals surface area (Å²) in [5.41, 5.74) is 2.56.